The molecule has 10 heteroatoms. The number of benzene rings is 2. The fourth-order valence-electron chi connectivity index (χ4n) is 3.20. The molecule has 0 aliphatic carbocycles. The van der Waals surface area contributed by atoms with Gasteiger partial charge in [-0.25, -0.2) is 9.78 Å². The maximum absolute atomic E-state index is 13.0. The lowest BCUT2D eigenvalue weighted by atomic mass is 10.2. The predicted molar refractivity (Wildman–Crippen MR) is 117 cm³/mol. The Kier molecular flexibility index (Phi) is 5.99. The number of imidazole rings is 1. The Balaban J connectivity index is 1.49. The van der Waals surface area contributed by atoms with Gasteiger partial charge in [-0.3, -0.25) is 9.55 Å². The molecule has 0 radical (unpaired) electrons. The van der Waals surface area contributed by atoms with Crippen molar-refractivity contribution in [3.63, 3.8) is 0 Å². The number of ether oxygens (including phenoxy) is 1. The van der Waals surface area contributed by atoms with Crippen molar-refractivity contribution in [1.82, 2.24) is 14.5 Å². The normalized spacial score (nSPS) is 11.2. The maximum Gasteiger partial charge on any atom is 0.416 e. The third kappa shape index (κ3) is 4.95. The molecule has 4 aromatic rings. The molecule has 0 saturated heterocycles. The summed E-state index contributed by atoms with van der Waals surface area (Å²) >= 11 is 0. The van der Waals surface area contributed by atoms with Gasteiger partial charge >= 0.3 is 12.2 Å². The van der Waals surface area contributed by atoms with Gasteiger partial charge in [0.05, 0.1) is 18.4 Å². The highest BCUT2D eigenvalue weighted by atomic mass is 19.4. The van der Waals surface area contributed by atoms with Gasteiger partial charge in [-0.2, -0.15) is 13.2 Å². The number of halogens is 3. The molecular weight excluding hydrogens is 435 g/mol. The molecule has 2 aromatic carbocycles. The van der Waals surface area contributed by atoms with E-state index < -0.39 is 17.8 Å². The molecule has 2 aromatic heterocycles. The van der Waals surface area contributed by atoms with Crippen LogP contribution in [-0.2, 0) is 6.18 Å². The Bertz CT molecular complexity index is 1260. The first-order valence-electron chi connectivity index (χ1n) is 9.72. The summed E-state index contributed by atoms with van der Waals surface area (Å²) in [6.45, 7) is 0. The van der Waals surface area contributed by atoms with Crippen molar-refractivity contribution in [1.29, 1.82) is 0 Å². The summed E-state index contributed by atoms with van der Waals surface area (Å²) < 4.78 is 45.9. The fraction of sp³-hybridized carbons (Fsp3) is 0.0870. The van der Waals surface area contributed by atoms with Crippen molar-refractivity contribution >= 4 is 17.4 Å². The smallest absolute Gasteiger partial charge is 0.416 e. The first-order chi connectivity index (χ1) is 15.8. The lowest BCUT2D eigenvalue weighted by Crippen LogP contribution is -2.20. The van der Waals surface area contributed by atoms with Crippen LogP contribution in [0, 0.1) is 0 Å². The van der Waals surface area contributed by atoms with Crippen LogP contribution in [-0.4, -0.2) is 27.7 Å². The quantitative estimate of drug-likeness (QED) is 0.412. The van der Waals surface area contributed by atoms with Gasteiger partial charge in [-0.1, -0.05) is 0 Å². The van der Waals surface area contributed by atoms with Crippen molar-refractivity contribution in [3.05, 3.63) is 84.9 Å². The van der Waals surface area contributed by atoms with E-state index in [9.17, 15) is 18.0 Å². The number of rotatable bonds is 5. The number of hydrogen-bond acceptors (Lipinski definition) is 4. The molecule has 2 amide bonds. The zero-order valence-corrected chi connectivity index (χ0v) is 17.3. The van der Waals surface area contributed by atoms with Crippen LogP contribution in [0.5, 0.6) is 5.75 Å². The molecule has 0 atom stereocenters. The lowest BCUT2D eigenvalue weighted by molar-refractivity contribution is -0.137. The zero-order chi connectivity index (χ0) is 23.4. The Morgan fingerprint density at radius 3 is 2.36 bits per heavy atom. The number of carbonyl (C=O) groups is 1. The highest BCUT2D eigenvalue weighted by Gasteiger charge is 2.31. The molecule has 0 aliphatic rings. The summed E-state index contributed by atoms with van der Waals surface area (Å²) in [6.07, 6.45) is 2.30. The number of urea groups is 1. The molecule has 0 spiro atoms. The minimum absolute atomic E-state index is 0.0955. The molecule has 2 heterocycles. The largest absolute Gasteiger partial charge is 0.495 e. The first kappa shape index (κ1) is 21.9. The van der Waals surface area contributed by atoms with Gasteiger partial charge in [0.15, 0.2) is 0 Å². The summed E-state index contributed by atoms with van der Waals surface area (Å²) in [5.41, 5.74) is 1.17. The van der Waals surface area contributed by atoms with Crippen LogP contribution in [0.1, 0.15) is 5.56 Å². The van der Waals surface area contributed by atoms with E-state index in [0.717, 1.165) is 35.3 Å². The monoisotopic (exact) mass is 453 g/mol. The predicted octanol–water partition coefficient (Wildman–Crippen LogP) is 5.61. The zero-order valence-electron chi connectivity index (χ0n) is 17.3. The number of amides is 2. The highest BCUT2D eigenvalue weighted by molar-refractivity contribution is 6.00. The van der Waals surface area contributed by atoms with Crippen molar-refractivity contribution in [3.8, 4) is 22.8 Å². The number of methoxy groups -OCH3 is 1. The molecule has 168 valence electrons. The molecule has 33 heavy (non-hydrogen) atoms. The molecule has 0 unspecified atom stereocenters. The highest BCUT2D eigenvalue weighted by Crippen LogP contribution is 2.35. The second-order valence-electron chi connectivity index (χ2n) is 6.90. The van der Waals surface area contributed by atoms with E-state index in [4.69, 9.17) is 4.74 Å². The van der Waals surface area contributed by atoms with E-state index in [1.165, 1.54) is 7.11 Å². The van der Waals surface area contributed by atoms with Crippen LogP contribution in [0.15, 0.2) is 79.4 Å². The van der Waals surface area contributed by atoms with Gasteiger partial charge in [0.25, 0.3) is 0 Å². The number of aromatic nitrogens is 3. The summed E-state index contributed by atoms with van der Waals surface area (Å²) in [4.78, 5) is 20.8. The Labute approximate surface area is 186 Å². The molecule has 7 nitrogen and oxygen atoms in total. The number of alkyl halides is 3. The number of nitrogens with zero attached hydrogens (tertiary/aromatic N) is 3. The Morgan fingerprint density at radius 2 is 1.70 bits per heavy atom. The first-order valence-corrected chi connectivity index (χ1v) is 9.72. The third-order valence-corrected chi connectivity index (χ3v) is 4.76. The number of hydrogen-bond donors (Lipinski definition) is 2. The van der Waals surface area contributed by atoms with Crippen LogP contribution in [0.3, 0.4) is 0 Å². The van der Waals surface area contributed by atoms with Gasteiger partial charge in [0.2, 0.25) is 0 Å². The maximum atomic E-state index is 13.0. The van der Waals surface area contributed by atoms with Crippen molar-refractivity contribution in [2.45, 2.75) is 6.18 Å². The van der Waals surface area contributed by atoms with Gasteiger partial charge in [-0.15, -0.1) is 0 Å². The molecular formula is C23H18F3N5O2. The minimum Gasteiger partial charge on any atom is -0.495 e. The van der Waals surface area contributed by atoms with Gasteiger partial charge in [0, 0.05) is 41.7 Å². The summed E-state index contributed by atoms with van der Waals surface area (Å²) in [6, 6.07) is 12.8. The summed E-state index contributed by atoms with van der Waals surface area (Å²) in [7, 11) is 1.31. The molecule has 2 N–H and O–H groups in total. The molecule has 0 saturated carbocycles. The van der Waals surface area contributed by atoms with Gasteiger partial charge < -0.3 is 15.4 Å². The van der Waals surface area contributed by atoms with E-state index in [-0.39, 0.29) is 11.4 Å². The Morgan fingerprint density at radius 1 is 0.970 bits per heavy atom. The number of nitrogens with one attached hydrogen (secondary N) is 2. The summed E-state index contributed by atoms with van der Waals surface area (Å²) in [5, 5.41) is 5.00. The molecule has 0 fully saturated rings. The van der Waals surface area contributed by atoms with E-state index in [0.29, 0.717) is 5.69 Å². The average Bonchev–Trinajstić information content (AvgIpc) is 3.29. The van der Waals surface area contributed by atoms with Gasteiger partial charge in [-0.05, 0) is 54.6 Å². The van der Waals surface area contributed by atoms with Crippen LogP contribution in [0.25, 0.3) is 17.1 Å². The standard InChI is InChI=1S/C23H18F3N5O2/c1-33-20-7-2-16(23(24,25)26)14-19(20)30-22(32)29-17-3-5-18(6-4-17)31-13-12-28-21(31)15-8-10-27-11-9-15/h2-14H,1H3,(H2,29,30,32). The Hall–Kier alpha value is -4.34. The average molecular weight is 453 g/mol. The summed E-state index contributed by atoms with van der Waals surface area (Å²) in [5.74, 6) is 0.838. The fourth-order valence-corrected chi connectivity index (χ4v) is 3.20. The van der Waals surface area contributed by atoms with E-state index in [2.05, 4.69) is 20.6 Å². The van der Waals surface area contributed by atoms with E-state index in [1.54, 1.807) is 42.9 Å². The van der Waals surface area contributed by atoms with Crippen molar-refractivity contribution in [2.24, 2.45) is 0 Å². The number of anilines is 2. The second-order valence-corrected chi connectivity index (χ2v) is 6.90. The van der Waals surface area contributed by atoms with Gasteiger partial charge in [0.1, 0.15) is 11.6 Å². The molecule has 4 rings (SSSR count). The van der Waals surface area contributed by atoms with Crippen LogP contribution in [0.2, 0.25) is 0 Å². The number of pyridine rings is 1. The molecule has 0 aliphatic heterocycles. The van der Waals surface area contributed by atoms with Crippen LogP contribution >= 0.6 is 0 Å². The van der Waals surface area contributed by atoms with E-state index >= 15 is 0 Å². The third-order valence-electron chi connectivity index (χ3n) is 4.76. The minimum atomic E-state index is -4.54. The lowest BCUT2D eigenvalue weighted by Gasteiger charge is -2.14. The second kappa shape index (κ2) is 9.03. The van der Waals surface area contributed by atoms with Crippen molar-refractivity contribution in [2.75, 3.05) is 17.7 Å². The van der Waals surface area contributed by atoms with Crippen LogP contribution in [0.4, 0.5) is 29.3 Å². The SMILES string of the molecule is COc1ccc(C(F)(F)F)cc1NC(=O)Nc1ccc(-n2ccnc2-c2ccncc2)cc1. The van der Waals surface area contributed by atoms with E-state index in [1.807, 2.05) is 22.9 Å². The number of carbonyl (C=O) groups excluding carboxylic acids is 1. The topological polar surface area (TPSA) is 81.1 Å². The van der Waals surface area contributed by atoms with Crippen LogP contribution < -0.4 is 15.4 Å². The molecule has 0 bridgehead atoms. The van der Waals surface area contributed by atoms with Crippen molar-refractivity contribution < 1.29 is 22.7 Å².